The van der Waals surface area contributed by atoms with Crippen LogP contribution in [0.4, 0.5) is 11.4 Å². The molecule has 8 rings (SSSR count). The lowest BCUT2D eigenvalue weighted by atomic mass is 9.32. The van der Waals surface area contributed by atoms with Crippen molar-refractivity contribution in [3.05, 3.63) is 147 Å². The number of nitrogens with zero attached hydrogens (tertiary/aromatic N) is 6. The fourth-order valence-electron chi connectivity index (χ4n) is 9.33. The molecule has 0 unspecified atom stereocenters. The quantitative estimate of drug-likeness (QED) is 0.0807. The summed E-state index contributed by atoms with van der Waals surface area (Å²) in [5, 5.41) is 7.72. The van der Waals surface area contributed by atoms with Crippen LogP contribution in [0.2, 0.25) is 0 Å². The molecule has 0 atom stereocenters. The molecular formula is C34H28I2N6. The van der Waals surface area contributed by atoms with Crippen LogP contribution < -0.4 is 0 Å². The molecule has 4 aromatic carbocycles. The summed E-state index contributed by atoms with van der Waals surface area (Å²) in [4.78, 5) is 6.02. The largest absolute Gasteiger partial charge is 0.0608 e. The predicted octanol–water partition coefficient (Wildman–Crippen LogP) is 11.2. The van der Waals surface area contributed by atoms with Crippen molar-refractivity contribution in [2.75, 3.05) is 0 Å². The van der Waals surface area contributed by atoms with E-state index < -0.39 is 0 Å². The third-order valence-electron chi connectivity index (χ3n) is 10.3. The third kappa shape index (κ3) is 4.51. The molecule has 0 amide bonds. The van der Waals surface area contributed by atoms with Crippen molar-refractivity contribution in [3.8, 4) is 0 Å². The maximum absolute atomic E-state index is 9.02. The zero-order valence-electron chi connectivity index (χ0n) is 22.9. The molecule has 8 heteroatoms. The van der Waals surface area contributed by atoms with E-state index in [4.69, 9.17) is 11.1 Å². The van der Waals surface area contributed by atoms with E-state index in [1.54, 1.807) is 0 Å². The Hall–Kier alpha value is -3.04. The molecule has 0 N–H and O–H groups in total. The number of benzene rings is 4. The first-order valence-electron chi connectivity index (χ1n) is 14.2. The van der Waals surface area contributed by atoms with Crippen LogP contribution >= 0.6 is 45.2 Å². The first kappa shape index (κ1) is 27.8. The predicted molar refractivity (Wildman–Crippen MR) is 183 cm³/mol. The molecule has 4 aromatic rings. The van der Waals surface area contributed by atoms with Crippen molar-refractivity contribution < 1.29 is 0 Å². The van der Waals surface area contributed by atoms with Gasteiger partial charge in [0.1, 0.15) is 0 Å². The van der Waals surface area contributed by atoms with Crippen LogP contribution in [0.25, 0.3) is 20.9 Å². The van der Waals surface area contributed by atoms with Gasteiger partial charge in [0.15, 0.2) is 0 Å². The number of halogens is 2. The minimum atomic E-state index is -0.0564. The Bertz CT molecular complexity index is 1610. The SMILES string of the molecule is [N-]=[N+]=Nc1ccc(C23CC4(c5ccc(I)cc5)CC(c5ccc(I)cc5)(C2)CC(c2ccc(N=[N+]=[N-])cc2)(C4)C3)cc1. The summed E-state index contributed by atoms with van der Waals surface area (Å²) in [6.07, 6.45) is 6.54. The van der Waals surface area contributed by atoms with Crippen LogP contribution in [0, 0.1) is 7.14 Å². The van der Waals surface area contributed by atoms with Crippen LogP contribution in [0.1, 0.15) is 60.8 Å². The molecule has 0 aromatic heterocycles. The first-order chi connectivity index (χ1) is 20.3. The monoisotopic (exact) mass is 774 g/mol. The Kier molecular flexibility index (Phi) is 6.81. The van der Waals surface area contributed by atoms with E-state index in [1.165, 1.54) is 29.4 Å². The Balaban J connectivity index is 1.48. The average molecular weight is 774 g/mol. The second-order valence-electron chi connectivity index (χ2n) is 12.7. The number of hydrogen-bond donors (Lipinski definition) is 0. The molecule has 42 heavy (non-hydrogen) atoms. The Labute approximate surface area is 272 Å². The second-order valence-corrected chi connectivity index (χ2v) is 15.2. The highest BCUT2D eigenvalue weighted by Crippen LogP contribution is 2.74. The molecule has 0 spiro atoms. The van der Waals surface area contributed by atoms with Gasteiger partial charge in [0.25, 0.3) is 0 Å². The van der Waals surface area contributed by atoms with E-state index in [1.807, 2.05) is 24.3 Å². The maximum atomic E-state index is 9.02. The van der Waals surface area contributed by atoms with Crippen molar-refractivity contribution in [2.45, 2.75) is 60.2 Å². The van der Waals surface area contributed by atoms with E-state index >= 15 is 0 Å². The molecule has 0 saturated heterocycles. The molecular weight excluding hydrogens is 746 g/mol. The van der Waals surface area contributed by atoms with E-state index in [2.05, 4.69) is 138 Å². The van der Waals surface area contributed by atoms with Crippen LogP contribution in [-0.4, -0.2) is 0 Å². The number of azide groups is 2. The van der Waals surface area contributed by atoms with E-state index in [0.717, 1.165) is 38.5 Å². The van der Waals surface area contributed by atoms with Gasteiger partial charge in [-0.3, -0.25) is 0 Å². The van der Waals surface area contributed by atoms with E-state index in [9.17, 15) is 0 Å². The Morgan fingerprint density at radius 2 is 0.667 bits per heavy atom. The highest BCUT2D eigenvalue weighted by molar-refractivity contribution is 14.1. The van der Waals surface area contributed by atoms with Crippen molar-refractivity contribution in [1.29, 1.82) is 0 Å². The molecule has 6 nitrogen and oxygen atoms in total. The van der Waals surface area contributed by atoms with Crippen molar-refractivity contribution in [2.24, 2.45) is 10.2 Å². The minimum Gasteiger partial charge on any atom is -0.0608 e. The van der Waals surface area contributed by atoms with Gasteiger partial charge in [-0.15, -0.1) is 0 Å². The van der Waals surface area contributed by atoms with Gasteiger partial charge in [-0.2, -0.15) is 0 Å². The lowest BCUT2D eigenvalue weighted by Crippen LogP contribution is -2.67. The zero-order valence-corrected chi connectivity index (χ0v) is 27.2. The lowest BCUT2D eigenvalue weighted by molar-refractivity contribution is -0.0691. The lowest BCUT2D eigenvalue weighted by Gasteiger charge is -2.71. The standard InChI is InChI=1S/C34H28I2N6/c35-27-9-1-23(2-10-27)31-17-32(24-3-11-28(36)12-4-24)20-33(18-31,25-5-13-29(14-6-25)39-41-37)22-34(19-31,21-32)26-7-15-30(16-8-26)40-42-38/h1-16H,17-22H2. The molecule has 4 bridgehead atoms. The fraction of sp³-hybridized carbons (Fsp3) is 0.294. The van der Waals surface area contributed by atoms with Gasteiger partial charge in [0.2, 0.25) is 0 Å². The Morgan fingerprint density at radius 1 is 0.429 bits per heavy atom. The molecule has 0 heterocycles. The Morgan fingerprint density at radius 3 is 0.905 bits per heavy atom. The van der Waals surface area contributed by atoms with Gasteiger partial charge in [0.05, 0.1) is 0 Å². The molecule has 4 aliphatic rings. The molecule has 0 aliphatic heterocycles. The van der Waals surface area contributed by atoms with Gasteiger partial charge in [-0.05, 0) is 163 Å². The zero-order chi connectivity index (χ0) is 29.0. The molecule has 4 aliphatic carbocycles. The minimum absolute atomic E-state index is 0.00492. The normalized spacial score (nSPS) is 29.0. The average Bonchev–Trinajstić information content (AvgIpc) is 2.98. The van der Waals surface area contributed by atoms with Crippen LogP contribution in [-0.2, 0) is 21.7 Å². The summed E-state index contributed by atoms with van der Waals surface area (Å²) in [6, 6.07) is 35.2. The van der Waals surface area contributed by atoms with Crippen molar-refractivity contribution in [1.82, 2.24) is 0 Å². The van der Waals surface area contributed by atoms with Gasteiger partial charge in [-0.1, -0.05) is 83.0 Å². The van der Waals surface area contributed by atoms with Gasteiger partial charge in [-0.25, -0.2) is 0 Å². The van der Waals surface area contributed by atoms with Gasteiger partial charge < -0.3 is 0 Å². The summed E-state index contributed by atoms with van der Waals surface area (Å²) >= 11 is 4.81. The van der Waals surface area contributed by atoms with Crippen LogP contribution in [0.5, 0.6) is 0 Å². The number of hydrogen-bond acceptors (Lipinski definition) is 2. The summed E-state index contributed by atoms with van der Waals surface area (Å²) in [7, 11) is 0. The third-order valence-corrected chi connectivity index (χ3v) is 11.7. The van der Waals surface area contributed by atoms with Crippen molar-refractivity contribution >= 4 is 56.6 Å². The second kappa shape index (κ2) is 10.3. The van der Waals surface area contributed by atoms with Crippen molar-refractivity contribution in [3.63, 3.8) is 0 Å². The summed E-state index contributed by atoms with van der Waals surface area (Å²) in [5.74, 6) is 0. The smallest absolute Gasteiger partial charge is 0.0375 e. The first-order valence-corrected chi connectivity index (χ1v) is 16.3. The summed E-state index contributed by atoms with van der Waals surface area (Å²) in [6.45, 7) is 0. The molecule has 4 saturated carbocycles. The number of rotatable bonds is 6. The summed E-state index contributed by atoms with van der Waals surface area (Å²) in [5.41, 5.74) is 24.7. The molecule has 0 radical (unpaired) electrons. The maximum Gasteiger partial charge on any atom is 0.0375 e. The van der Waals surface area contributed by atoms with Gasteiger partial charge >= 0.3 is 0 Å². The summed E-state index contributed by atoms with van der Waals surface area (Å²) < 4.78 is 2.50. The van der Waals surface area contributed by atoms with E-state index in [-0.39, 0.29) is 21.7 Å². The van der Waals surface area contributed by atoms with E-state index in [0.29, 0.717) is 11.4 Å². The highest BCUT2D eigenvalue weighted by Gasteiger charge is 2.69. The van der Waals surface area contributed by atoms with Crippen LogP contribution in [0.3, 0.4) is 0 Å². The van der Waals surface area contributed by atoms with Crippen LogP contribution in [0.15, 0.2) is 107 Å². The molecule has 208 valence electrons. The highest BCUT2D eigenvalue weighted by atomic mass is 127. The van der Waals surface area contributed by atoms with Gasteiger partial charge in [0, 0.05) is 28.3 Å². The fourth-order valence-corrected chi connectivity index (χ4v) is 10.1. The topological polar surface area (TPSA) is 97.5 Å². The molecule has 4 fully saturated rings.